The number of rotatable bonds is 8. The van der Waals surface area contributed by atoms with Crippen molar-refractivity contribution >= 4 is 24.0 Å². The summed E-state index contributed by atoms with van der Waals surface area (Å²) in [5, 5.41) is 0. The molecule has 7 heteroatoms. The number of hydrogen-bond acceptors (Lipinski definition) is 7. The largest absolute Gasteiger partial charge is 0.466 e. The van der Waals surface area contributed by atoms with Crippen molar-refractivity contribution in [1.29, 1.82) is 0 Å². The Morgan fingerprint density at radius 3 is 2.25 bits per heavy atom. The summed E-state index contributed by atoms with van der Waals surface area (Å²) < 4.78 is 16.3. The maximum absolute atomic E-state index is 13.8. The van der Waals surface area contributed by atoms with Gasteiger partial charge >= 0.3 is 17.9 Å². The highest BCUT2D eigenvalue weighted by molar-refractivity contribution is 6.09. The van der Waals surface area contributed by atoms with Gasteiger partial charge in [-0.25, -0.2) is 0 Å². The number of benzene rings is 2. The molecule has 2 aliphatic rings. The van der Waals surface area contributed by atoms with Crippen LogP contribution in [0.3, 0.4) is 0 Å². The first-order chi connectivity index (χ1) is 17.5. The lowest BCUT2D eigenvalue weighted by molar-refractivity contribution is -0.168. The topological polar surface area (TPSA) is 82.1 Å². The summed E-state index contributed by atoms with van der Waals surface area (Å²) in [6.45, 7) is 7.17. The van der Waals surface area contributed by atoms with Crippen LogP contribution in [0.4, 0.5) is 0 Å². The molecule has 2 aliphatic heterocycles. The summed E-state index contributed by atoms with van der Waals surface area (Å²) in [5.41, 5.74) is 2.54. The van der Waals surface area contributed by atoms with Gasteiger partial charge in [0.2, 0.25) is 5.41 Å². The second kappa shape index (κ2) is 11.1. The number of nitrogens with zero attached hydrogens (tertiary/aromatic N) is 1. The maximum Gasteiger partial charge on any atom is 0.330 e. The van der Waals surface area contributed by atoms with Gasteiger partial charge in [-0.1, -0.05) is 54.6 Å². The van der Waals surface area contributed by atoms with Gasteiger partial charge in [0.15, 0.2) is 0 Å². The number of esters is 3. The van der Waals surface area contributed by atoms with E-state index in [0.29, 0.717) is 31.7 Å². The molecule has 0 saturated carbocycles. The van der Waals surface area contributed by atoms with Crippen molar-refractivity contribution in [2.24, 2.45) is 0 Å². The maximum atomic E-state index is 13.8. The zero-order valence-electron chi connectivity index (χ0n) is 21.1. The Labute approximate surface area is 212 Å². The molecule has 2 heterocycles. The Morgan fingerprint density at radius 1 is 0.917 bits per heavy atom. The summed E-state index contributed by atoms with van der Waals surface area (Å²) in [6.07, 6.45) is 2.83. The predicted molar refractivity (Wildman–Crippen MR) is 135 cm³/mol. The summed E-state index contributed by atoms with van der Waals surface area (Å²) in [7, 11) is 0. The molecule has 0 spiro atoms. The molecule has 1 unspecified atom stereocenters. The molecule has 0 N–H and O–H groups in total. The summed E-state index contributed by atoms with van der Waals surface area (Å²) in [5.74, 6) is -1.49. The fraction of sp³-hybridized carbons (Fsp3) is 0.414. The molecule has 0 radical (unpaired) electrons. The van der Waals surface area contributed by atoms with Crippen LogP contribution in [0.15, 0.2) is 54.1 Å². The fourth-order valence-electron chi connectivity index (χ4n) is 5.48. The lowest BCUT2D eigenvalue weighted by Gasteiger charge is -2.44. The van der Waals surface area contributed by atoms with Gasteiger partial charge in [-0.05, 0) is 55.0 Å². The average molecular weight is 492 g/mol. The molecular weight excluding hydrogens is 458 g/mol. The monoisotopic (exact) mass is 491 g/mol. The molecule has 2 aromatic rings. The Balaban J connectivity index is 1.88. The zero-order chi connectivity index (χ0) is 25.7. The van der Waals surface area contributed by atoms with E-state index in [1.165, 1.54) is 0 Å². The molecule has 36 heavy (non-hydrogen) atoms. The van der Waals surface area contributed by atoms with Crippen LogP contribution in [0.1, 0.15) is 49.4 Å². The van der Waals surface area contributed by atoms with Gasteiger partial charge in [0.05, 0.1) is 32.3 Å². The first kappa shape index (κ1) is 25.6. The van der Waals surface area contributed by atoms with Crippen LogP contribution >= 0.6 is 0 Å². The Kier molecular flexibility index (Phi) is 7.89. The third kappa shape index (κ3) is 4.55. The highest BCUT2D eigenvalue weighted by Gasteiger charge is 2.63. The fourth-order valence-corrected chi connectivity index (χ4v) is 5.48. The molecule has 4 rings (SSSR count). The van der Waals surface area contributed by atoms with Gasteiger partial charge < -0.3 is 14.2 Å². The van der Waals surface area contributed by atoms with E-state index in [0.717, 1.165) is 22.3 Å². The minimum absolute atomic E-state index is 0.145. The van der Waals surface area contributed by atoms with E-state index < -0.39 is 23.4 Å². The van der Waals surface area contributed by atoms with Crippen LogP contribution in [0.2, 0.25) is 0 Å². The molecule has 0 bridgehead atoms. The Morgan fingerprint density at radius 2 is 1.56 bits per heavy atom. The minimum Gasteiger partial charge on any atom is -0.466 e. The standard InChI is InChI=1S/C29H33NO6/c1-4-34-25(31)18-21-12-8-7-11-20(21)17-22-15-16-30-19-23-13-9-10-14-24(23)29(26(22)30,27(32)35-5-2)28(33)36-6-3/h7-14,17,26H,4-6,15-16,18-19H2,1-3H3/b22-17+. The van der Waals surface area contributed by atoms with Crippen LogP contribution in [0, 0.1) is 0 Å². The average Bonchev–Trinajstić information content (AvgIpc) is 3.26. The van der Waals surface area contributed by atoms with Crippen molar-refractivity contribution < 1.29 is 28.6 Å². The Hall–Kier alpha value is -3.45. The number of ether oxygens (including phenoxy) is 3. The summed E-state index contributed by atoms with van der Waals surface area (Å²) in [4.78, 5) is 42.0. The van der Waals surface area contributed by atoms with Crippen LogP contribution in [-0.4, -0.2) is 55.2 Å². The lowest BCUT2D eigenvalue weighted by Crippen LogP contribution is -2.62. The van der Waals surface area contributed by atoms with Crippen LogP contribution in [0.25, 0.3) is 6.08 Å². The number of carbonyl (C=O) groups is 3. The summed E-state index contributed by atoms with van der Waals surface area (Å²) in [6, 6.07) is 14.6. The van der Waals surface area contributed by atoms with Gasteiger partial charge in [-0.3, -0.25) is 19.3 Å². The molecule has 190 valence electrons. The smallest absolute Gasteiger partial charge is 0.330 e. The quantitative estimate of drug-likeness (QED) is 0.315. The zero-order valence-corrected chi connectivity index (χ0v) is 21.1. The van der Waals surface area contributed by atoms with Crippen molar-refractivity contribution in [2.75, 3.05) is 26.4 Å². The molecule has 0 aromatic heterocycles. The molecule has 7 nitrogen and oxygen atoms in total. The van der Waals surface area contributed by atoms with E-state index in [1.807, 2.05) is 54.6 Å². The van der Waals surface area contributed by atoms with Crippen molar-refractivity contribution in [2.45, 2.75) is 51.6 Å². The second-order valence-corrected chi connectivity index (χ2v) is 8.93. The SMILES string of the molecule is CCOC(=O)Cc1ccccc1/C=C1\CCN2Cc3ccccc3C(C(=O)OCC)(C(=O)OCC)C12. The van der Waals surface area contributed by atoms with Crippen molar-refractivity contribution in [3.63, 3.8) is 0 Å². The first-order valence-electron chi connectivity index (χ1n) is 12.6. The van der Waals surface area contributed by atoms with Gasteiger partial charge in [0.1, 0.15) is 0 Å². The highest BCUT2D eigenvalue weighted by atomic mass is 16.6. The molecule has 1 atom stereocenters. The lowest BCUT2D eigenvalue weighted by atomic mass is 9.67. The van der Waals surface area contributed by atoms with Crippen molar-refractivity contribution in [1.82, 2.24) is 4.90 Å². The van der Waals surface area contributed by atoms with E-state index in [-0.39, 0.29) is 25.6 Å². The van der Waals surface area contributed by atoms with Crippen molar-refractivity contribution in [3.05, 3.63) is 76.4 Å². The van der Waals surface area contributed by atoms with Crippen LogP contribution in [-0.2, 0) is 47.0 Å². The second-order valence-electron chi connectivity index (χ2n) is 8.93. The Bertz CT molecular complexity index is 1150. The van der Waals surface area contributed by atoms with E-state index >= 15 is 0 Å². The summed E-state index contributed by atoms with van der Waals surface area (Å²) >= 11 is 0. The first-order valence-corrected chi connectivity index (χ1v) is 12.6. The van der Waals surface area contributed by atoms with E-state index in [1.54, 1.807) is 20.8 Å². The number of hydrogen-bond donors (Lipinski definition) is 0. The molecule has 1 saturated heterocycles. The van der Waals surface area contributed by atoms with Gasteiger partial charge in [-0.15, -0.1) is 0 Å². The highest BCUT2D eigenvalue weighted by Crippen LogP contribution is 2.48. The molecule has 0 aliphatic carbocycles. The predicted octanol–water partition coefficient (Wildman–Crippen LogP) is 3.83. The van der Waals surface area contributed by atoms with E-state index in [4.69, 9.17) is 14.2 Å². The number of fused-ring (bicyclic) bond motifs is 2. The van der Waals surface area contributed by atoms with Crippen molar-refractivity contribution in [3.8, 4) is 0 Å². The normalized spacial score (nSPS) is 19.3. The third-order valence-corrected chi connectivity index (χ3v) is 6.86. The molecule has 0 amide bonds. The third-order valence-electron chi connectivity index (χ3n) is 6.86. The minimum atomic E-state index is -1.64. The molecular formula is C29H33NO6. The molecule has 1 fully saturated rings. The number of carbonyl (C=O) groups excluding carboxylic acids is 3. The van der Waals surface area contributed by atoms with Gasteiger partial charge in [-0.2, -0.15) is 0 Å². The van der Waals surface area contributed by atoms with Gasteiger partial charge in [0, 0.05) is 13.1 Å². The van der Waals surface area contributed by atoms with E-state index in [2.05, 4.69) is 4.90 Å². The van der Waals surface area contributed by atoms with Gasteiger partial charge in [0.25, 0.3) is 0 Å². The molecule has 2 aromatic carbocycles. The van der Waals surface area contributed by atoms with Crippen LogP contribution < -0.4 is 0 Å². The van der Waals surface area contributed by atoms with Crippen LogP contribution in [0.5, 0.6) is 0 Å². The van der Waals surface area contributed by atoms with E-state index in [9.17, 15) is 14.4 Å².